The van der Waals surface area contributed by atoms with Crippen molar-refractivity contribution in [2.75, 3.05) is 31.2 Å². The van der Waals surface area contributed by atoms with E-state index >= 15 is 0 Å². The summed E-state index contributed by atoms with van der Waals surface area (Å²) < 4.78 is 11.1. The third-order valence-electron chi connectivity index (χ3n) is 5.61. The lowest BCUT2D eigenvalue weighted by Crippen LogP contribution is -2.36. The maximum Gasteiger partial charge on any atom is 0.301 e. The van der Waals surface area contributed by atoms with Crippen LogP contribution < -0.4 is 21.1 Å². The van der Waals surface area contributed by atoms with Gasteiger partial charge in [-0.1, -0.05) is 23.7 Å². The number of anilines is 1. The fourth-order valence-corrected chi connectivity index (χ4v) is 4.11. The number of primary amides is 2. The lowest BCUT2D eigenvalue weighted by atomic mass is 10.1. The van der Waals surface area contributed by atoms with Crippen molar-refractivity contribution in [2.45, 2.75) is 0 Å². The summed E-state index contributed by atoms with van der Waals surface area (Å²) in [5, 5.41) is 0.443. The van der Waals surface area contributed by atoms with Crippen LogP contribution in [0.15, 0.2) is 48.5 Å². The van der Waals surface area contributed by atoms with Gasteiger partial charge in [0.2, 0.25) is 11.8 Å². The minimum absolute atomic E-state index is 0.0800. The molecule has 0 atom stereocenters. The van der Waals surface area contributed by atoms with Crippen molar-refractivity contribution in [3.63, 3.8) is 0 Å². The second kappa shape index (κ2) is 9.24. The van der Waals surface area contributed by atoms with Crippen LogP contribution in [0.3, 0.4) is 0 Å². The third-order valence-corrected chi connectivity index (χ3v) is 5.90. The van der Waals surface area contributed by atoms with Crippen molar-refractivity contribution < 1.29 is 19.1 Å². The highest BCUT2D eigenvalue weighted by Crippen LogP contribution is 2.32. The Morgan fingerprint density at radius 2 is 1.63 bits per heavy atom. The Morgan fingerprint density at radius 3 is 2.26 bits per heavy atom. The number of amides is 2. The molecule has 178 valence electrons. The van der Waals surface area contributed by atoms with Gasteiger partial charge in [0.1, 0.15) is 5.75 Å². The van der Waals surface area contributed by atoms with E-state index < -0.39 is 11.8 Å². The molecule has 5 N–H and O–H groups in total. The number of ether oxygens (including phenoxy) is 2. The van der Waals surface area contributed by atoms with Crippen LogP contribution in [0.4, 0.5) is 5.69 Å². The number of hydrogen-bond acceptors (Lipinski definition) is 7. The number of nitrogens with two attached hydrogens (primary N) is 2. The summed E-state index contributed by atoms with van der Waals surface area (Å²) in [7, 11) is 0. The predicted molar refractivity (Wildman–Crippen MR) is 131 cm³/mol. The molecule has 35 heavy (non-hydrogen) atoms. The molecule has 0 radical (unpaired) electrons. The van der Waals surface area contributed by atoms with E-state index in [1.807, 2.05) is 24.3 Å². The van der Waals surface area contributed by atoms with Crippen molar-refractivity contribution in [3.05, 3.63) is 64.7 Å². The van der Waals surface area contributed by atoms with Crippen molar-refractivity contribution in [2.24, 2.45) is 11.5 Å². The molecule has 5 rings (SSSR count). The van der Waals surface area contributed by atoms with E-state index in [9.17, 15) is 9.59 Å². The number of aromatic amines is 1. The van der Waals surface area contributed by atoms with Gasteiger partial charge >= 0.3 is 6.01 Å². The first kappa shape index (κ1) is 22.6. The maximum atomic E-state index is 11.6. The van der Waals surface area contributed by atoms with Crippen LogP contribution in [0, 0.1) is 0 Å². The van der Waals surface area contributed by atoms with Gasteiger partial charge < -0.3 is 30.8 Å². The van der Waals surface area contributed by atoms with Crippen LogP contribution in [-0.4, -0.2) is 53.1 Å². The van der Waals surface area contributed by atoms with Crippen LogP contribution in [0.1, 0.15) is 20.7 Å². The number of halogens is 1. The summed E-state index contributed by atoms with van der Waals surface area (Å²) in [4.78, 5) is 37.4. The molecule has 0 aliphatic carbocycles. The van der Waals surface area contributed by atoms with E-state index in [0.29, 0.717) is 35.1 Å². The van der Waals surface area contributed by atoms with Gasteiger partial charge in [-0.2, -0.15) is 4.98 Å². The highest BCUT2D eigenvalue weighted by molar-refractivity contribution is 6.33. The van der Waals surface area contributed by atoms with Gasteiger partial charge in [0.15, 0.2) is 5.65 Å². The lowest BCUT2D eigenvalue weighted by molar-refractivity contribution is 0.0999. The highest BCUT2D eigenvalue weighted by atomic mass is 35.5. The number of carbonyl (C=O) groups is 2. The summed E-state index contributed by atoms with van der Waals surface area (Å²) in [5.41, 5.74) is 14.3. The van der Waals surface area contributed by atoms with Crippen molar-refractivity contribution >= 4 is 40.3 Å². The molecule has 10 nitrogen and oxygen atoms in total. The number of rotatable bonds is 6. The number of fused-ring (bicyclic) bond motifs is 1. The van der Waals surface area contributed by atoms with Crippen LogP contribution >= 0.6 is 11.6 Å². The molecule has 0 bridgehead atoms. The van der Waals surface area contributed by atoms with Crippen molar-refractivity contribution in [1.82, 2.24) is 15.0 Å². The van der Waals surface area contributed by atoms with Gasteiger partial charge in [0.05, 0.1) is 29.4 Å². The highest BCUT2D eigenvalue weighted by Gasteiger charge is 2.16. The van der Waals surface area contributed by atoms with Gasteiger partial charge in [0, 0.05) is 35.5 Å². The Labute approximate surface area is 204 Å². The summed E-state index contributed by atoms with van der Waals surface area (Å²) in [5.74, 6) is -1.28. The van der Waals surface area contributed by atoms with Crippen LogP contribution in [0.5, 0.6) is 11.8 Å². The smallest absolute Gasteiger partial charge is 0.301 e. The van der Waals surface area contributed by atoms with Gasteiger partial charge in [-0.05, 0) is 36.4 Å². The Kier molecular flexibility index (Phi) is 5.98. The zero-order valence-corrected chi connectivity index (χ0v) is 19.2. The monoisotopic (exact) mass is 492 g/mol. The zero-order valence-electron chi connectivity index (χ0n) is 18.5. The Morgan fingerprint density at radius 1 is 0.971 bits per heavy atom. The average Bonchev–Trinajstić information content (AvgIpc) is 3.24. The third kappa shape index (κ3) is 4.75. The first-order valence-corrected chi connectivity index (χ1v) is 11.2. The molecule has 3 heterocycles. The maximum absolute atomic E-state index is 11.6. The van der Waals surface area contributed by atoms with Crippen molar-refractivity contribution in [1.29, 1.82) is 0 Å². The fourth-order valence-electron chi connectivity index (χ4n) is 3.85. The van der Waals surface area contributed by atoms with Crippen LogP contribution in [0.2, 0.25) is 5.02 Å². The SMILES string of the molecule is NC(=O)c1cc(Oc2nc3nc(-c4ccc(N5CCOCC5)cc4)c(Cl)cc3[nH]2)cc(C(N)=O)c1. The quantitative estimate of drug-likeness (QED) is 0.374. The van der Waals surface area contributed by atoms with Gasteiger partial charge in [0.25, 0.3) is 0 Å². The molecule has 0 unspecified atom stereocenters. The fraction of sp³-hybridized carbons (Fsp3) is 0.167. The van der Waals surface area contributed by atoms with Gasteiger partial charge in [-0.15, -0.1) is 0 Å². The van der Waals surface area contributed by atoms with Crippen LogP contribution in [-0.2, 0) is 4.74 Å². The number of benzene rings is 2. The molecule has 1 aliphatic rings. The first-order chi connectivity index (χ1) is 16.9. The molecule has 4 aromatic rings. The number of morpholine rings is 1. The normalized spacial score (nSPS) is 13.7. The Balaban J connectivity index is 1.43. The first-order valence-electron chi connectivity index (χ1n) is 10.8. The average molecular weight is 493 g/mol. The van der Waals surface area contributed by atoms with Crippen molar-refractivity contribution in [3.8, 4) is 23.0 Å². The summed E-state index contributed by atoms with van der Waals surface area (Å²) >= 11 is 6.53. The number of imidazole rings is 1. The lowest BCUT2D eigenvalue weighted by Gasteiger charge is -2.28. The number of nitrogens with zero attached hydrogens (tertiary/aromatic N) is 3. The summed E-state index contributed by atoms with van der Waals surface area (Å²) in [6.07, 6.45) is 0. The van der Waals surface area contributed by atoms with E-state index in [1.165, 1.54) is 18.2 Å². The molecule has 2 aromatic heterocycles. The Hall–Kier alpha value is -4.15. The molecule has 2 aromatic carbocycles. The number of hydrogen-bond donors (Lipinski definition) is 3. The van der Waals surface area contributed by atoms with E-state index in [1.54, 1.807) is 6.07 Å². The van der Waals surface area contributed by atoms with Gasteiger partial charge in [-0.3, -0.25) is 9.59 Å². The molecule has 11 heteroatoms. The minimum atomic E-state index is -0.722. The molecular formula is C24H21ClN6O4. The second-order valence-electron chi connectivity index (χ2n) is 7.95. The largest absolute Gasteiger partial charge is 0.426 e. The molecule has 2 amide bonds. The molecule has 0 saturated carbocycles. The minimum Gasteiger partial charge on any atom is -0.426 e. The molecule has 1 saturated heterocycles. The second-order valence-corrected chi connectivity index (χ2v) is 8.36. The Bertz CT molecular complexity index is 1400. The summed E-state index contributed by atoms with van der Waals surface area (Å²) in [6, 6.07) is 13.9. The molecule has 1 fully saturated rings. The molecule has 0 spiro atoms. The molecular weight excluding hydrogens is 472 g/mol. The van der Waals surface area contributed by atoms with Gasteiger partial charge in [-0.25, -0.2) is 4.98 Å². The van der Waals surface area contributed by atoms with E-state index in [-0.39, 0.29) is 22.9 Å². The van der Waals surface area contributed by atoms with E-state index in [0.717, 1.165) is 24.3 Å². The number of H-pyrrole nitrogens is 1. The number of carbonyl (C=O) groups excluding carboxylic acids is 2. The number of pyridine rings is 1. The van der Waals surface area contributed by atoms with E-state index in [4.69, 9.17) is 32.5 Å². The summed E-state index contributed by atoms with van der Waals surface area (Å²) in [6.45, 7) is 3.13. The number of aromatic nitrogens is 3. The van der Waals surface area contributed by atoms with Crippen LogP contribution in [0.25, 0.3) is 22.4 Å². The predicted octanol–water partition coefficient (Wildman–Crippen LogP) is 3.11. The topological polar surface area (TPSA) is 149 Å². The van der Waals surface area contributed by atoms with E-state index in [2.05, 4.69) is 19.9 Å². The number of nitrogens with one attached hydrogen (secondary N) is 1. The standard InChI is InChI=1S/C24H21ClN6O4/c25-18-12-19-23(29-20(18)13-1-3-16(4-2-13)31-5-7-34-8-6-31)30-24(28-19)35-17-10-14(21(26)32)9-15(11-17)22(27)33/h1-4,9-12H,5-8H2,(H2,26,32)(H2,27,33)(H,28,29,30). The molecule has 1 aliphatic heterocycles. The zero-order chi connectivity index (χ0) is 24.5.